The van der Waals surface area contributed by atoms with Crippen LogP contribution in [0.4, 0.5) is 0 Å². The molecule has 0 amide bonds. The zero-order valence-electron chi connectivity index (χ0n) is 14.3. The van der Waals surface area contributed by atoms with E-state index in [1.54, 1.807) is 0 Å². The highest BCUT2D eigenvalue weighted by atomic mass is 14.4. The molecule has 0 fully saturated rings. The molecular weight excluding hydrogens is 276 g/mol. The molecular formula is C23H22. The van der Waals surface area contributed by atoms with E-state index >= 15 is 0 Å². The van der Waals surface area contributed by atoms with Gasteiger partial charge in [-0.15, -0.1) is 0 Å². The maximum atomic E-state index is 2.39. The maximum Gasteiger partial charge on any atom is 0.0159 e. The van der Waals surface area contributed by atoms with E-state index in [-0.39, 0.29) is 5.41 Å². The largest absolute Gasteiger partial charge is 0.0619 e. The van der Waals surface area contributed by atoms with Crippen LogP contribution in [0.1, 0.15) is 36.1 Å². The van der Waals surface area contributed by atoms with Gasteiger partial charge in [-0.25, -0.2) is 0 Å². The molecule has 0 radical (unpaired) electrons. The summed E-state index contributed by atoms with van der Waals surface area (Å²) >= 11 is 0. The first-order valence-corrected chi connectivity index (χ1v) is 8.30. The molecule has 4 rings (SSSR count). The van der Waals surface area contributed by atoms with Gasteiger partial charge in [-0.3, -0.25) is 0 Å². The molecule has 0 bridgehead atoms. The molecule has 0 N–H and O–H groups in total. The van der Waals surface area contributed by atoms with Crippen molar-refractivity contribution in [3.63, 3.8) is 0 Å². The molecule has 0 atom stereocenters. The Kier molecular flexibility index (Phi) is 2.99. The summed E-state index contributed by atoms with van der Waals surface area (Å²) in [6.45, 7) is 9.03. The number of fused-ring (bicyclic) bond motifs is 3. The minimum absolute atomic E-state index is 0.0711. The Labute approximate surface area is 138 Å². The fourth-order valence-corrected chi connectivity index (χ4v) is 3.80. The molecule has 0 aliphatic heterocycles. The lowest BCUT2D eigenvalue weighted by Crippen LogP contribution is -2.14. The number of benzene rings is 3. The lowest BCUT2D eigenvalue weighted by molar-refractivity contribution is 0.660. The number of hydrogen-bond donors (Lipinski definition) is 0. The summed E-state index contributed by atoms with van der Waals surface area (Å²) in [5, 5.41) is 0. The summed E-state index contributed by atoms with van der Waals surface area (Å²) < 4.78 is 0. The maximum absolute atomic E-state index is 2.39. The van der Waals surface area contributed by atoms with Gasteiger partial charge in [0.1, 0.15) is 0 Å². The third-order valence-corrected chi connectivity index (χ3v) is 5.42. The summed E-state index contributed by atoms with van der Waals surface area (Å²) in [6.07, 6.45) is 0. The van der Waals surface area contributed by atoms with Gasteiger partial charge in [0.05, 0.1) is 0 Å². The van der Waals surface area contributed by atoms with Crippen molar-refractivity contribution < 1.29 is 0 Å². The van der Waals surface area contributed by atoms with Crippen molar-refractivity contribution in [1.29, 1.82) is 0 Å². The van der Waals surface area contributed by atoms with E-state index in [2.05, 4.69) is 88.4 Å². The average Bonchev–Trinajstić information content (AvgIpc) is 2.78. The van der Waals surface area contributed by atoms with Crippen LogP contribution in [-0.2, 0) is 5.41 Å². The van der Waals surface area contributed by atoms with Crippen LogP contribution in [0.5, 0.6) is 0 Å². The van der Waals surface area contributed by atoms with Gasteiger partial charge in [0.2, 0.25) is 0 Å². The standard InChI is InChI=1S/C23H22/c1-15-9-10-17(13-16(15)2)18-11-12-20-19-7-5-6-8-21(19)23(3,4)22(20)14-18/h5-14H,1-4H3. The normalized spacial score (nSPS) is 14.4. The summed E-state index contributed by atoms with van der Waals surface area (Å²) in [6, 6.07) is 22.5. The van der Waals surface area contributed by atoms with Gasteiger partial charge in [0, 0.05) is 5.41 Å². The average molecular weight is 298 g/mol. The Bertz CT molecular complexity index is 913. The van der Waals surface area contributed by atoms with Crippen molar-refractivity contribution in [2.45, 2.75) is 33.1 Å². The van der Waals surface area contributed by atoms with Crippen LogP contribution in [0.2, 0.25) is 0 Å². The highest BCUT2D eigenvalue weighted by Crippen LogP contribution is 2.49. The second-order valence-corrected chi connectivity index (χ2v) is 7.23. The van der Waals surface area contributed by atoms with E-state index in [1.807, 2.05) is 0 Å². The minimum atomic E-state index is 0.0711. The van der Waals surface area contributed by atoms with Crippen molar-refractivity contribution in [2.75, 3.05) is 0 Å². The summed E-state index contributed by atoms with van der Waals surface area (Å²) in [4.78, 5) is 0. The van der Waals surface area contributed by atoms with Crippen LogP contribution in [-0.4, -0.2) is 0 Å². The predicted molar refractivity (Wildman–Crippen MR) is 98.9 cm³/mol. The number of aryl methyl sites for hydroxylation is 2. The second-order valence-electron chi connectivity index (χ2n) is 7.23. The van der Waals surface area contributed by atoms with Crippen LogP contribution in [0.25, 0.3) is 22.3 Å². The van der Waals surface area contributed by atoms with E-state index in [1.165, 1.54) is 44.5 Å². The first-order chi connectivity index (χ1) is 11.0. The van der Waals surface area contributed by atoms with Crippen molar-refractivity contribution in [3.05, 3.63) is 82.9 Å². The lowest BCUT2D eigenvalue weighted by atomic mass is 9.81. The molecule has 1 aliphatic carbocycles. The lowest BCUT2D eigenvalue weighted by Gasteiger charge is -2.22. The van der Waals surface area contributed by atoms with Gasteiger partial charge < -0.3 is 0 Å². The van der Waals surface area contributed by atoms with Crippen LogP contribution < -0.4 is 0 Å². The van der Waals surface area contributed by atoms with Crippen molar-refractivity contribution >= 4 is 0 Å². The predicted octanol–water partition coefficient (Wildman–Crippen LogP) is 6.28. The monoisotopic (exact) mass is 298 g/mol. The SMILES string of the molecule is Cc1ccc(-c2ccc3c(c2)C(C)(C)c2ccccc2-3)cc1C. The third kappa shape index (κ3) is 2.05. The van der Waals surface area contributed by atoms with E-state index in [0.717, 1.165) is 0 Å². The van der Waals surface area contributed by atoms with E-state index in [0.29, 0.717) is 0 Å². The van der Waals surface area contributed by atoms with Crippen molar-refractivity contribution in [3.8, 4) is 22.3 Å². The van der Waals surface area contributed by atoms with Crippen LogP contribution >= 0.6 is 0 Å². The quantitative estimate of drug-likeness (QED) is 0.496. The molecule has 0 unspecified atom stereocenters. The molecule has 3 aromatic carbocycles. The molecule has 1 aliphatic rings. The smallest absolute Gasteiger partial charge is 0.0159 e. The molecule has 0 heteroatoms. The molecule has 0 spiro atoms. The van der Waals surface area contributed by atoms with Gasteiger partial charge in [-0.2, -0.15) is 0 Å². The minimum Gasteiger partial charge on any atom is -0.0619 e. The van der Waals surface area contributed by atoms with Crippen LogP contribution in [0.3, 0.4) is 0 Å². The first-order valence-electron chi connectivity index (χ1n) is 8.30. The zero-order chi connectivity index (χ0) is 16.2. The van der Waals surface area contributed by atoms with Crippen LogP contribution in [0.15, 0.2) is 60.7 Å². The van der Waals surface area contributed by atoms with E-state index in [4.69, 9.17) is 0 Å². The molecule has 0 saturated carbocycles. The Hall–Kier alpha value is -2.34. The highest BCUT2D eigenvalue weighted by molar-refractivity contribution is 5.83. The number of rotatable bonds is 1. The Morgan fingerprint density at radius 1 is 0.609 bits per heavy atom. The van der Waals surface area contributed by atoms with E-state index in [9.17, 15) is 0 Å². The van der Waals surface area contributed by atoms with Gasteiger partial charge in [-0.1, -0.05) is 68.4 Å². The van der Waals surface area contributed by atoms with E-state index < -0.39 is 0 Å². The van der Waals surface area contributed by atoms with Gasteiger partial charge >= 0.3 is 0 Å². The molecule has 0 aromatic heterocycles. The summed E-state index contributed by atoms with van der Waals surface area (Å²) in [5.74, 6) is 0. The van der Waals surface area contributed by atoms with Gasteiger partial charge in [-0.05, 0) is 64.4 Å². The fraction of sp³-hybridized carbons (Fsp3) is 0.217. The Morgan fingerprint density at radius 2 is 1.26 bits per heavy atom. The van der Waals surface area contributed by atoms with Gasteiger partial charge in [0.25, 0.3) is 0 Å². The highest BCUT2D eigenvalue weighted by Gasteiger charge is 2.35. The molecule has 0 nitrogen and oxygen atoms in total. The topological polar surface area (TPSA) is 0 Å². The van der Waals surface area contributed by atoms with Crippen LogP contribution in [0, 0.1) is 13.8 Å². The third-order valence-electron chi connectivity index (χ3n) is 5.42. The molecule has 0 heterocycles. The summed E-state index contributed by atoms with van der Waals surface area (Å²) in [7, 11) is 0. The zero-order valence-corrected chi connectivity index (χ0v) is 14.3. The molecule has 0 saturated heterocycles. The summed E-state index contributed by atoms with van der Waals surface area (Å²) in [5.41, 5.74) is 11.0. The second kappa shape index (κ2) is 4.83. The Balaban J connectivity index is 1.90. The van der Waals surface area contributed by atoms with Crippen molar-refractivity contribution in [2.24, 2.45) is 0 Å². The first kappa shape index (κ1) is 14.3. The molecule has 114 valence electrons. The fourth-order valence-electron chi connectivity index (χ4n) is 3.80. The number of hydrogen-bond acceptors (Lipinski definition) is 0. The molecule has 23 heavy (non-hydrogen) atoms. The molecule has 3 aromatic rings. The Morgan fingerprint density at radius 3 is 2.04 bits per heavy atom. The van der Waals surface area contributed by atoms with Gasteiger partial charge in [0.15, 0.2) is 0 Å². The van der Waals surface area contributed by atoms with Crippen molar-refractivity contribution in [1.82, 2.24) is 0 Å².